The monoisotopic (exact) mass is 432 g/mol. The first kappa shape index (κ1) is 27.1. The Morgan fingerprint density at radius 2 is 1.23 bits per heavy atom. The normalized spacial score (nSPS) is 11.2. The Morgan fingerprint density at radius 3 is 1.74 bits per heavy atom. The molecule has 1 rings (SSSR count). The highest BCUT2D eigenvalue weighted by molar-refractivity contribution is 5.85. The van der Waals surface area contributed by atoms with Crippen molar-refractivity contribution in [3.05, 3.63) is 29.8 Å². The molecule has 0 aliphatic heterocycles. The van der Waals surface area contributed by atoms with Gasteiger partial charge in [0.2, 0.25) is 0 Å². The predicted molar refractivity (Wildman–Crippen MR) is 130 cm³/mol. The van der Waals surface area contributed by atoms with Gasteiger partial charge in [-0.1, -0.05) is 97.0 Å². The average Bonchev–Trinajstić information content (AvgIpc) is 2.76. The third kappa shape index (κ3) is 14.6. The fourth-order valence-corrected chi connectivity index (χ4v) is 3.51. The van der Waals surface area contributed by atoms with E-state index in [1.165, 1.54) is 77.0 Å². The standard InChI is InChI=1S/C27H44O4/c1-3-5-7-9-11-13-15-21-30-25-19-17-24(18-20-27(28)29)23-26(25)31-22-16-14-12-10-8-6-4-2/h17-20,23H,3-16,21-22H2,1-2H3,(H,28,29). The molecule has 31 heavy (non-hydrogen) atoms. The van der Waals surface area contributed by atoms with Crippen LogP contribution in [-0.2, 0) is 4.79 Å². The number of rotatable bonds is 20. The summed E-state index contributed by atoms with van der Waals surface area (Å²) < 4.78 is 12.0. The van der Waals surface area contributed by atoms with Crippen molar-refractivity contribution in [1.29, 1.82) is 0 Å². The summed E-state index contributed by atoms with van der Waals surface area (Å²) in [5.74, 6) is 0.507. The largest absolute Gasteiger partial charge is 0.490 e. The van der Waals surface area contributed by atoms with Gasteiger partial charge in [-0.25, -0.2) is 4.79 Å². The highest BCUT2D eigenvalue weighted by Gasteiger charge is 2.07. The summed E-state index contributed by atoms with van der Waals surface area (Å²) in [5.41, 5.74) is 0.806. The molecule has 0 saturated carbocycles. The maximum atomic E-state index is 10.8. The average molecular weight is 433 g/mol. The van der Waals surface area contributed by atoms with Crippen molar-refractivity contribution in [1.82, 2.24) is 0 Å². The fourth-order valence-electron chi connectivity index (χ4n) is 3.51. The summed E-state index contributed by atoms with van der Waals surface area (Å²) >= 11 is 0. The van der Waals surface area contributed by atoms with Crippen molar-refractivity contribution in [3.63, 3.8) is 0 Å². The lowest BCUT2D eigenvalue weighted by atomic mass is 10.1. The fraction of sp³-hybridized carbons (Fsp3) is 0.667. The molecule has 0 amide bonds. The zero-order valence-corrected chi connectivity index (χ0v) is 19.9. The second-order valence-corrected chi connectivity index (χ2v) is 8.32. The lowest BCUT2D eigenvalue weighted by Crippen LogP contribution is -2.03. The van der Waals surface area contributed by atoms with Gasteiger partial charge in [0.05, 0.1) is 13.2 Å². The number of carboxylic acid groups (broad SMARTS) is 1. The quantitative estimate of drug-likeness (QED) is 0.167. The Labute approximate surface area is 190 Å². The van der Waals surface area contributed by atoms with Crippen LogP contribution in [0.25, 0.3) is 6.08 Å². The molecule has 0 aliphatic carbocycles. The minimum absolute atomic E-state index is 0.660. The van der Waals surface area contributed by atoms with Crippen molar-refractivity contribution in [3.8, 4) is 11.5 Å². The molecule has 0 spiro atoms. The van der Waals surface area contributed by atoms with E-state index < -0.39 is 5.97 Å². The molecule has 1 aromatic rings. The van der Waals surface area contributed by atoms with Gasteiger partial charge in [0.25, 0.3) is 0 Å². The van der Waals surface area contributed by atoms with Gasteiger partial charge < -0.3 is 14.6 Å². The second kappa shape index (κ2) is 18.8. The molecule has 0 aliphatic rings. The first-order valence-corrected chi connectivity index (χ1v) is 12.5. The van der Waals surface area contributed by atoms with E-state index in [1.54, 1.807) is 6.08 Å². The van der Waals surface area contributed by atoms with Crippen LogP contribution >= 0.6 is 0 Å². The topological polar surface area (TPSA) is 55.8 Å². The van der Waals surface area contributed by atoms with Crippen LogP contribution < -0.4 is 9.47 Å². The number of carboxylic acids is 1. The van der Waals surface area contributed by atoms with E-state index >= 15 is 0 Å². The maximum absolute atomic E-state index is 10.8. The molecule has 0 atom stereocenters. The number of benzene rings is 1. The van der Waals surface area contributed by atoms with Crippen LogP contribution in [0, 0.1) is 0 Å². The molecule has 0 fully saturated rings. The van der Waals surface area contributed by atoms with Crippen LogP contribution in [0.5, 0.6) is 11.5 Å². The van der Waals surface area contributed by atoms with E-state index in [0.717, 1.165) is 30.2 Å². The van der Waals surface area contributed by atoms with Crippen molar-refractivity contribution in [2.75, 3.05) is 13.2 Å². The van der Waals surface area contributed by atoms with Gasteiger partial charge in [-0.2, -0.15) is 0 Å². The molecule has 0 bridgehead atoms. The molecule has 4 nitrogen and oxygen atoms in total. The number of hydrogen-bond acceptors (Lipinski definition) is 3. The molecule has 0 heterocycles. The predicted octanol–water partition coefficient (Wildman–Crippen LogP) is 8.04. The number of carbonyl (C=O) groups is 1. The highest BCUT2D eigenvalue weighted by Crippen LogP contribution is 2.29. The third-order valence-electron chi connectivity index (χ3n) is 5.40. The van der Waals surface area contributed by atoms with Crippen LogP contribution in [0.2, 0.25) is 0 Å². The Morgan fingerprint density at radius 1 is 0.742 bits per heavy atom. The molecular weight excluding hydrogens is 388 g/mol. The smallest absolute Gasteiger partial charge is 0.328 e. The van der Waals surface area contributed by atoms with Crippen LogP contribution in [0.4, 0.5) is 0 Å². The van der Waals surface area contributed by atoms with E-state index in [1.807, 2.05) is 18.2 Å². The van der Waals surface area contributed by atoms with Crippen molar-refractivity contribution >= 4 is 12.0 Å². The van der Waals surface area contributed by atoms with Gasteiger partial charge >= 0.3 is 5.97 Å². The summed E-state index contributed by atoms with van der Waals surface area (Å²) in [7, 11) is 0. The second-order valence-electron chi connectivity index (χ2n) is 8.32. The zero-order chi connectivity index (χ0) is 22.6. The highest BCUT2D eigenvalue weighted by atomic mass is 16.5. The Bertz CT molecular complexity index is 609. The van der Waals surface area contributed by atoms with Crippen LogP contribution in [0.15, 0.2) is 24.3 Å². The van der Waals surface area contributed by atoms with E-state index in [2.05, 4.69) is 13.8 Å². The molecule has 0 radical (unpaired) electrons. The molecule has 0 aromatic heterocycles. The number of hydrogen-bond donors (Lipinski definition) is 1. The van der Waals surface area contributed by atoms with E-state index in [0.29, 0.717) is 19.0 Å². The molecule has 1 N–H and O–H groups in total. The molecule has 176 valence electrons. The summed E-state index contributed by atoms with van der Waals surface area (Å²) in [5, 5.41) is 8.87. The zero-order valence-electron chi connectivity index (χ0n) is 19.9. The molecule has 4 heteroatoms. The van der Waals surface area contributed by atoms with Gasteiger partial charge in [-0.05, 0) is 36.6 Å². The lowest BCUT2D eigenvalue weighted by molar-refractivity contribution is -0.131. The number of aliphatic carboxylic acids is 1. The van der Waals surface area contributed by atoms with Gasteiger partial charge in [0, 0.05) is 6.08 Å². The minimum Gasteiger partial charge on any atom is -0.490 e. The molecular formula is C27H44O4. The Hall–Kier alpha value is -1.97. The van der Waals surface area contributed by atoms with Gasteiger partial charge in [0.15, 0.2) is 11.5 Å². The first-order chi connectivity index (χ1) is 15.2. The third-order valence-corrected chi connectivity index (χ3v) is 5.40. The van der Waals surface area contributed by atoms with Crippen LogP contribution in [-0.4, -0.2) is 24.3 Å². The first-order valence-electron chi connectivity index (χ1n) is 12.5. The van der Waals surface area contributed by atoms with E-state index in [9.17, 15) is 4.79 Å². The van der Waals surface area contributed by atoms with Crippen LogP contribution in [0.1, 0.15) is 109 Å². The summed E-state index contributed by atoms with van der Waals surface area (Å²) in [6, 6.07) is 5.64. The number of unbranched alkanes of at least 4 members (excludes halogenated alkanes) is 12. The molecule has 0 saturated heterocycles. The van der Waals surface area contributed by atoms with Gasteiger partial charge in [-0.15, -0.1) is 0 Å². The Balaban J connectivity index is 2.46. The SMILES string of the molecule is CCCCCCCCCOc1ccc(C=CC(=O)O)cc1OCCCCCCCCC. The Kier molecular flexibility index (Phi) is 16.4. The summed E-state index contributed by atoms with van der Waals surface area (Å²) in [6.07, 6.45) is 20.2. The number of ether oxygens (including phenoxy) is 2. The van der Waals surface area contributed by atoms with Crippen LogP contribution in [0.3, 0.4) is 0 Å². The van der Waals surface area contributed by atoms with Crippen molar-refractivity contribution in [2.45, 2.75) is 104 Å². The maximum Gasteiger partial charge on any atom is 0.328 e. The lowest BCUT2D eigenvalue weighted by Gasteiger charge is -2.14. The molecule has 0 unspecified atom stereocenters. The van der Waals surface area contributed by atoms with Crippen molar-refractivity contribution < 1.29 is 19.4 Å². The van der Waals surface area contributed by atoms with E-state index in [4.69, 9.17) is 14.6 Å². The summed E-state index contributed by atoms with van der Waals surface area (Å²) in [4.78, 5) is 10.8. The van der Waals surface area contributed by atoms with Gasteiger partial charge in [-0.3, -0.25) is 0 Å². The molecule has 1 aromatic carbocycles. The van der Waals surface area contributed by atoms with E-state index in [-0.39, 0.29) is 0 Å². The van der Waals surface area contributed by atoms with Crippen molar-refractivity contribution in [2.24, 2.45) is 0 Å². The summed E-state index contributed by atoms with van der Waals surface area (Å²) in [6.45, 7) is 5.82. The minimum atomic E-state index is -0.954. The van der Waals surface area contributed by atoms with Gasteiger partial charge in [0.1, 0.15) is 0 Å².